The first-order valence-electron chi connectivity index (χ1n) is 7.02. The van der Waals surface area contributed by atoms with Crippen LogP contribution in [0.4, 0.5) is 5.69 Å². The Morgan fingerprint density at radius 3 is 3.10 bits per heavy atom. The molecule has 2 heterocycles. The highest BCUT2D eigenvalue weighted by atomic mass is 79.9. The van der Waals surface area contributed by atoms with E-state index in [1.807, 2.05) is 0 Å². The number of likely N-dealkylation sites (N-methyl/N-ethyl adjacent to an activating group) is 1. The molecule has 2 rings (SSSR count). The van der Waals surface area contributed by atoms with Crippen LogP contribution in [0.1, 0.15) is 19.8 Å². The van der Waals surface area contributed by atoms with Gasteiger partial charge >= 0.3 is 0 Å². The molecule has 1 aromatic heterocycles. The number of hydrogen-bond acceptors (Lipinski definition) is 5. The summed E-state index contributed by atoms with van der Waals surface area (Å²) in [5.74, 6) is 0. The monoisotopic (exact) mass is 344 g/mol. The number of anilines is 1. The lowest BCUT2D eigenvalue weighted by Gasteiger charge is -2.35. The van der Waals surface area contributed by atoms with Crippen molar-refractivity contribution in [2.45, 2.75) is 32.4 Å². The van der Waals surface area contributed by atoms with Gasteiger partial charge in [0.25, 0.3) is 5.56 Å². The number of aromatic nitrogens is 2. The molecule has 0 aliphatic carbocycles. The lowest BCUT2D eigenvalue weighted by atomic mass is 10.1. The van der Waals surface area contributed by atoms with Gasteiger partial charge in [-0.1, -0.05) is 6.92 Å². The van der Waals surface area contributed by atoms with Gasteiger partial charge in [-0.25, -0.2) is 4.68 Å². The Morgan fingerprint density at radius 2 is 2.40 bits per heavy atom. The van der Waals surface area contributed by atoms with Gasteiger partial charge in [0.2, 0.25) is 0 Å². The topological polar surface area (TPSA) is 70.4 Å². The average molecular weight is 345 g/mol. The lowest BCUT2D eigenvalue weighted by Crippen LogP contribution is -2.46. The molecule has 1 aliphatic rings. The largest absolute Gasteiger partial charge is 0.394 e. The summed E-state index contributed by atoms with van der Waals surface area (Å²) in [7, 11) is 0. The van der Waals surface area contributed by atoms with Crippen molar-refractivity contribution in [1.29, 1.82) is 0 Å². The summed E-state index contributed by atoms with van der Waals surface area (Å²) in [6.45, 7) is 5.01. The molecule has 1 fully saturated rings. The van der Waals surface area contributed by atoms with Crippen LogP contribution in [-0.4, -0.2) is 47.2 Å². The molecule has 7 heteroatoms. The highest BCUT2D eigenvalue weighted by molar-refractivity contribution is 9.10. The van der Waals surface area contributed by atoms with E-state index >= 15 is 0 Å². The predicted octanol–water partition coefficient (Wildman–Crippen LogP) is 0.576. The van der Waals surface area contributed by atoms with Crippen molar-refractivity contribution in [3.05, 3.63) is 21.0 Å². The molecule has 0 bridgehead atoms. The van der Waals surface area contributed by atoms with Gasteiger partial charge in [0.05, 0.1) is 25.0 Å². The third-order valence-electron chi connectivity index (χ3n) is 3.53. The van der Waals surface area contributed by atoms with Crippen molar-refractivity contribution in [1.82, 2.24) is 15.1 Å². The van der Waals surface area contributed by atoms with E-state index in [-0.39, 0.29) is 18.7 Å². The molecule has 1 aliphatic heterocycles. The summed E-state index contributed by atoms with van der Waals surface area (Å²) >= 11 is 3.38. The average Bonchev–Trinajstić information content (AvgIpc) is 2.45. The van der Waals surface area contributed by atoms with Crippen LogP contribution in [0.2, 0.25) is 0 Å². The van der Waals surface area contributed by atoms with Crippen LogP contribution in [0, 0.1) is 0 Å². The summed E-state index contributed by atoms with van der Waals surface area (Å²) in [6, 6.07) is 0.459. The smallest absolute Gasteiger partial charge is 0.283 e. The predicted molar refractivity (Wildman–Crippen MR) is 82.2 cm³/mol. The summed E-state index contributed by atoms with van der Waals surface area (Å²) in [5, 5.41) is 16.5. The minimum Gasteiger partial charge on any atom is -0.394 e. The number of aliphatic hydroxyl groups is 1. The van der Waals surface area contributed by atoms with Crippen molar-refractivity contribution in [2.75, 3.05) is 31.1 Å². The molecule has 0 aromatic carbocycles. The molecule has 6 nitrogen and oxygen atoms in total. The second-order valence-corrected chi connectivity index (χ2v) is 5.73. The maximum Gasteiger partial charge on any atom is 0.283 e. The van der Waals surface area contributed by atoms with Crippen LogP contribution in [0.3, 0.4) is 0 Å². The van der Waals surface area contributed by atoms with Crippen LogP contribution >= 0.6 is 15.9 Å². The van der Waals surface area contributed by atoms with Crippen LogP contribution in [0.25, 0.3) is 0 Å². The summed E-state index contributed by atoms with van der Waals surface area (Å²) in [6.07, 6.45) is 3.97. The highest BCUT2D eigenvalue weighted by Crippen LogP contribution is 2.24. The van der Waals surface area contributed by atoms with Gasteiger partial charge in [0.1, 0.15) is 4.47 Å². The maximum absolute atomic E-state index is 12.1. The van der Waals surface area contributed by atoms with Gasteiger partial charge in [-0.15, -0.1) is 0 Å². The van der Waals surface area contributed by atoms with Crippen LogP contribution < -0.4 is 15.8 Å². The Labute approximate surface area is 126 Å². The number of nitrogens with zero attached hydrogens (tertiary/aromatic N) is 3. The number of piperidine rings is 1. The zero-order valence-corrected chi connectivity index (χ0v) is 13.3. The number of nitrogens with one attached hydrogen (secondary N) is 1. The summed E-state index contributed by atoms with van der Waals surface area (Å²) in [4.78, 5) is 14.3. The Balaban J connectivity index is 2.20. The third-order valence-corrected chi connectivity index (χ3v) is 4.28. The van der Waals surface area contributed by atoms with Crippen molar-refractivity contribution in [3.63, 3.8) is 0 Å². The van der Waals surface area contributed by atoms with Crippen LogP contribution in [0.15, 0.2) is 15.5 Å². The minimum absolute atomic E-state index is 0.0924. The Hall–Kier alpha value is -0.920. The number of hydrogen-bond donors (Lipinski definition) is 2. The molecule has 1 atom stereocenters. The van der Waals surface area contributed by atoms with Gasteiger partial charge in [-0.3, -0.25) is 4.79 Å². The number of rotatable bonds is 5. The molecule has 112 valence electrons. The molecule has 0 radical (unpaired) electrons. The first kappa shape index (κ1) is 15.5. The lowest BCUT2D eigenvalue weighted by molar-refractivity contribution is 0.266. The minimum atomic E-state index is -0.192. The summed E-state index contributed by atoms with van der Waals surface area (Å²) in [5.41, 5.74) is 0.647. The third kappa shape index (κ3) is 3.39. The summed E-state index contributed by atoms with van der Waals surface area (Å²) < 4.78 is 1.80. The molecule has 0 saturated carbocycles. The van der Waals surface area contributed by atoms with Crippen molar-refractivity contribution in [3.8, 4) is 0 Å². The van der Waals surface area contributed by atoms with Gasteiger partial charge < -0.3 is 15.3 Å². The molecule has 1 unspecified atom stereocenters. The van der Waals surface area contributed by atoms with Gasteiger partial charge in [-0.05, 0) is 35.3 Å². The van der Waals surface area contributed by atoms with E-state index in [0.717, 1.165) is 38.2 Å². The van der Waals surface area contributed by atoms with Crippen molar-refractivity contribution in [2.24, 2.45) is 0 Å². The van der Waals surface area contributed by atoms with E-state index < -0.39 is 0 Å². The molecule has 2 N–H and O–H groups in total. The molecular formula is C13H21BrN4O2. The highest BCUT2D eigenvalue weighted by Gasteiger charge is 2.22. The quantitative estimate of drug-likeness (QED) is 0.817. The Morgan fingerprint density at radius 1 is 1.60 bits per heavy atom. The fourth-order valence-electron chi connectivity index (χ4n) is 2.58. The Bertz CT molecular complexity index is 504. The first-order valence-corrected chi connectivity index (χ1v) is 7.81. The normalized spacial score (nSPS) is 19.4. The first-order chi connectivity index (χ1) is 9.67. The molecular weight excluding hydrogens is 324 g/mol. The van der Waals surface area contributed by atoms with Crippen molar-refractivity contribution >= 4 is 21.6 Å². The molecule has 1 aromatic rings. The van der Waals surface area contributed by atoms with Gasteiger partial charge in [0, 0.05) is 19.1 Å². The van der Waals surface area contributed by atoms with E-state index in [1.54, 1.807) is 6.20 Å². The van der Waals surface area contributed by atoms with Crippen molar-refractivity contribution < 1.29 is 5.11 Å². The molecule has 0 spiro atoms. The number of halogens is 1. The standard InChI is InChI=1S/C13H21BrN4O2/c1-2-15-10-4-3-5-17(9-10)11-8-16-18(6-7-19)13(20)12(11)14/h8,10,15,19H,2-7,9H2,1H3. The second-order valence-electron chi connectivity index (χ2n) is 4.94. The van der Waals surface area contributed by atoms with E-state index in [4.69, 9.17) is 5.11 Å². The van der Waals surface area contributed by atoms with Crippen LogP contribution in [0.5, 0.6) is 0 Å². The Kier molecular flexibility index (Phi) is 5.56. The fourth-order valence-corrected chi connectivity index (χ4v) is 3.14. The second kappa shape index (κ2) is 7.19. The van der Waals surface area contributed by atoms with E-state index in [2.05, 4.69) is 38.2 Å². The fraction of sp³-hybridized carbons (Fsp3) is 0.692. The maximum atomic E-state index is 12.1. The number of aliphatic hydroxyl groups excluding tert-OH is 1. The molecule has 1 saturated heterocycles. The SMILES string of the molecule is CCNC1CCCN(c2cnn(CCO)c(=O)c2Br)C1. The van der Waals surface area contributed by atoms with E-state index in [0.29, 0.717) is 10.5 Å². The van der Waals surface area contributed by atoms with E-state index in [1.165, 1.54) is 4.68 Å². The van der Waals surface area contributed by atoms with Gasteiger partial charge in [-0.2, -0.15) is 5.10 Å². The van der Waals surface area contributed by atoms with E-state index in [9.17, 15) is 4.79 Å². The molecule has 20 heavy (non-hydrogen) atoms. The van der Waals surface area contributed by atoms with Gasteiger partial charge in [0.15, 0.2) is 0 Å². The van der Waals surface area contributed by atoms with Crippen LogP contribution in [-0.2, 0) is 6.54 Å². The zero-order valence-electron chi connectivity index (χ0n) is 11.7. The zero-order chi connectivity index (χ0) is 14.5. The molecule has 0 amide bonds.